The highest BCUT2D eigenvalue weighted by molar-refractivity contribution is 5.82. The van der Waals surface area contributed by atoms with Gasteiger partial charge in [-0.2, -0.15) is 8.78 Å². The van der Waals surface area contributed by atoms with Gasteiger partial charge in [0.05, 0.1) is 0 Å². The molecule has 60 valence electrons. The first-order valence-electron chi connectivity index (χ1n) is 2.56. The second kappa shape index (κ2) is 2.14. The van der Waals surface area contributed by atoms with Crippen molar-refractivity contribution in [3.63, 3.8) is 0 Å². The van der Waals surface area contributed by atoms with Gasteiger partial charge in [0.2, 0.25) is 0 Å². The number of halogens is 3. The minimum atomic E-state index is -4.09. The SMILES string of the molecule is CC(C)(F)C(F)(F)C(N)=O. The molecule has 0 unspecified atom stereocenters. The van der Waals surface area contributed by atoms with E-state index in [0.29, 0.717) is 13.8 Å². The topological polar surface area (TPSA) is 43.1 Å². The monoisotopic (exact) mass is 155 g/mol. The Balaban J connectivity index is 4.57. The molecule has 2 N–H and O–H groups in total. The molecule has 1 amide bonds. The van der Waals surface area contributed by atoms with Gasteiger partial charge >= 0.3 is 5.92 Å². The van der Waals surface area contributed by atoms with E-state index in [1.807, 2.05) is 0 Å². The number of nitrogens with two attached hydrogens (primary N) is 1. The molecule has 0 aliphatic rings. The molecule has 0 heterocycles. The molecule has 0 saturated heterocycles. The lowest BCUT2D eigenvalue weighted by atomic mass is 10.0. The van der Waals surface area contributed by atoms with Gasteiger partial charge in [-0.1, -0.05) is 0 Å². The first-order valence-corrected chi connectivity index (χ1v) is 2.56. The molecular weight excluding hydrogens is 147 g/mol. The van der Waals surface area contributed by atoms with Crippen LogP contribution in [0.2, 0.25) is 0 Å². The van der Waals surface area contributed by atoms with Gasteiger partial charge in [-0.3, -0.25) is 4.79 Å². The fourth-order valence-electron chi connectivity index (χ4n) is 0.293. The van der Waals surface area contributed by atoms with E-state index in [1.54, 1.807) is 0 Å². The van der Waals surface area contributed by atoms with E-state index in [-0.39, 0.29) is 0 Å². The fraction of sp³-hybridized carbons (Fsp3) is 0.800. The Bertz CT molecular complexity index is 149. The Morgan fingerprint density at radius 2 is 1.60 bits per heavy atom. The highest BCUT2D eigenvalue weighted by Crippen LogP contribution is 2.30. The van der Waals surface area contributed by atoms with E-state index in [9.17, 15) is 18.0 Å². The largest absolute Gasteiger partial charge is 0.364 e. The summed E-state index contributed by atoms with van der Waals surface area (Å²) in [6.07, 6.45) is 0. The molecule has 0 spiro atoms. The summed E-state index contributed by atoms with van der Waals surface area (Å²) in [4.78, 5) is 9.90. The predicted molar refractivity (Wildman–Crippen MR) is 29.3 cm³/mol. The summed E-state index contributed by atoms with van der Waals surface area (Å²) in [6.45, 7) is 1.19. The second-order valence-corrected chi connectivity index (χ2v) is 2.41. The van der Waals surface area contributed by atoms with Gasteiger partial charge in [0, 0.05) is 0 Å². The molecule has 0 fully saturated rings. The molecule has 5 heteroatoms. The predicted octanol–water partition coefficient (Wildman–Crippen LogP) is 0.855. The normalized spacial score (nSPS) is 13.3. The van der Waals surface area contributed by atoms with Crippen molar-refractivity contribution in [3.8, 4) is 0 Å². The third kappa shape index (κ3) is 1.40. The number of alkyl halides is 3. The summed E-state index contributed by atoms with van der Waals surface area (Å²) in [5.74, 6) is -6.03. The van der Waals surface area contributed by atoms with Crippen molar-refractivity contribution in [3.05, 3.63) is 0 Å². The van der Waals surface area contributed by atoms with Crippen molar-refractivity contribution < 1.29 is 18.0 Å². The lowest BCUT2D eigenvalue weighted by molar-refractivity contribution is -0.163. The van der Waals surface area contributed by atoms with Crippen molar-refractivity contribution in [1.29, 1.82) is 0 Å². The smallest absolute Gasteiger partial charge is 0.356 e. The van der Waals surface area contributed by atoms with Gasteiger partial charge in [-0.15, -0.1) is 0 Å². The molecule has 0 rings (SSSR count). The number of hydrogen-bond donors (Lipinski definition) is 1. The number of hydrogen-bond acceptors (Lipinski definition) is 1. The Morgan fingerprint density at radius 1 is 1.30 bits per heavy atom. The first-order chi connectivity index (χ1) is 4.19. The van der Waals surface area contributed by atoms with Crippen LogP contribution in [0.3, 0.4) is 0 Å². The number of carbonyl (C=O) groups is 1. The Hall–Kier alpha value is -0.740. The van der Waals surface area contributed by atoms with Crippen molar-refractivity contribution in [2.75, 3.05) is 0 Å². The van der Waals surface area contributed by atoms with Crippen molar-refractivity contribution in [1.82, 2.24) is 0 Å². The zero-order valence-corrected chi connectivity index (χ0v) is 5.62. The van der Waals surface area contributed by atoms with Crippen LogP contribution >= 0.6 is 0 Å². The summed E-state index contributed by atoms with van der Waals surface area (Å²) in [5.41, 5.74) is 1.34. The molecule has 0 atom stereocenters. The lowest BCUT2D eigenvalue weighted by Crippen LogP contribution is -2.49. The Morgan fingerprint density at radius 3 is 1.60 bits per heavy atom. The number of carbonyl (C=O) groups excluding carboxylic acids is 1. The van der Waals surface area contributed by atoms with Crippen LogP contribution in [-0.2, 0) is 4.79 Å². The summed E-state index contributed by atoms with van der Waals surface area (Å²) in [6, 6.07) is 0. The molecule has 0 radical (unpaired) electrons. The zero-order valence-electron chi connectivity index (χ0n) is 5.62. The fourth-order valence-corrected chi connectivity index (χ4v) is 0.293. The quantitative estimate of drug-likeness (QED) is 0.631. The molecule has 10 heavy (non-hydrogen) atoms. The summed E-state index contributed by atoms with van der Waals surface area (Å²) in [7, 11) is 0. The van der Waals surface area contributed by atoms with E-state index in [1.165, 1.54) is 0 Å². The third-order valence-electron chi connectivity index (χ3n) is 1.06. The molecule has 0 aromatic carbocycles. The van der Waals surface area contributed by atoms with Crippen LogP contribution in [0.15, 0.2) is 0 Å². The number of rotatable bonds is 2. The van der Waals surface area contributed by atoms with Crippen LogP contribution in [0.4, 0.5) is 13.2 Å². The van der Waals surface area contributed by atoms with E-state index < -0.39 is 17.5 Å². The molecule has 0 aromatic heterocycles. The van der Waals surface area contributed by atoms with Gasteiger partial charge in [-0.25, -0.2) is 4.39 Å². The summed E-state index contributed by atoms with van der Waals surface area (Å²) >= 11 is 0. The maximum Gasteiger partial charge on any atom is 0.356 e. The Kier molecular flexibility index (Phi) is 1.98. The van der Waals surface area contributed by atoms with Crippen LogP contribution in [0.25, 0.3) is 0 Å². The average molecular weight is 155 g/mol. The van der Waals surface area contributed by atoms with E-state index in [2.05, 4.69) is 5.73 Å². The molecule has 0 aliphatic carbocycles. The number of primary amides is 1. The van der Waals surface area contributed by atoms with Crippen LogP contribution in [0.1, 0.15) is 13.8 Å². The van der Waals surface area contributed by atoms with Crippen LogP contribution in [-0.4, -0.2) is 17.5 Å². The van der Waals surface area contributed by atoms with E-state index in [4.69, 9.17) is 0 Å². The van der Waals surface area contributed by atoms with Crippen LogP contribution in [0, 0.1) is 0 Å². The molecule has 2 nitrogen and oxygen atoms in total. The Labute approximate surface area is 56.2 Å². The van der Waals surface area contributed by atoms with Crippen molar-refractivity contribution >= 4 is 5.91 Å². The van der Waals surface area contributed by atoms with Gasteiger partial charge in [0.15, 0.2) is 5.67 Å². The summed E-state index contributed by atoms with van der Waals surface area (Å²) in [5, 5.41) is 0. The van der Waals surface area contributed by atoms with Crippen LogP contribution in [0.5, 0.6) is 0 Å². The number of amides is 1. The maximum absolute atomic E-state index is 12.4. The average Bonchev–Trinajstić information content (AvgIpc) is 1.62. The van der Waals surface area contributed by atoms with E-state index in [0.717, 1.165) is 0 Å². The van der Waals surface area contributed by atoms with Gasteiger partial charge in [0.25, 0.3) is 5.91 Å². The first kappa shape index (κ1) is 9.26. The molecule has 0 saturated carbocycles. The van der Waals surface area contributed by atoms with Gasteiger partial charge in [0.1, 0.15) is 0 Å². The summed E-state index contributed by atoms with van der Waals surface area (Å²) < 4.78 is 36.8. The van der Waals surface area contributed by atoms with Crippen molar-refractivity contribution in [2.24, 2.45) is 5.73 Å². The van der Waals surface area contributed by atoms with Crippen LogP contribution < -0.4 is 5.73 Å². The standard InChI is InChI=1S/C5H8F3NO/c1-4(2,6)5(7,8)3(9)10/h1-2H3,(H2,9,10). The minimum absolute atomic E-state index is 0.595. The van der Waals surface area contributed by atoms with Gasteiger partial charge in [-0.05, 0) is 13.8 Å². The lowest BCUT2D eigenvalue weighted by Gasteiger charge is -2.22. The highest BCUT2D eigenvalue weighted by Gasteiger charge is 2.52. The minimum Gasteiger partial charge on any atom is -0.364 e. The van der Waals surface area contributed by atoms with E-state index >= 15 is 0 Å². The third-order valence-corrected chi connectivity index (χ3v) is 1.06. The molecule has 0 aromatic rings. The van der Waals surface area contributed by atoms with Gasteiger partial charge < -0.3 is 5.73 Å². The molecule has 0 bridgehead atoms. The molecule has 0 aliphatic heterocycles. The molecular formula is C5H8F3NO. The highest BCUT2D eigenvalue weighted by atomic mass is 19.3. The zero-order chi connectivity index (χ0) is 8.58. The maximum atomic E-state index is 12.4. The second-order valence-electron chi connectivity index (χ2n) is 2.41. The van der Waals surface area contributed by atoms with Crippen molar-refractivity contribution in [2.45, 2.75) is 25.4 Å².